The average Bonchev–Trinajstić information content (AvgIpc) is 2.64. The first-order chi connectivity index (χ1) is 12.1. The number of rotatable bonds is 8. The van der Waals surface area contributed by atoms with Crippen LogP contribution in [0.3, 0.4) is 0 Å². The van der Waals surface area contributed by atoms with Crippen molar-refractivity contribution in [2.75, 3.05) is 13.2 Å². The van der Waals surface area contributed by atoms with Crippen molar-refractivity contribution in [3.8, 4) is 0 Å². The summed E-state index contributed by atoms with van der Waals surface area (Å²) in [6.45, 7) is 17.0. The highest BCUT2D eigenvalue weighted by Gasteiger charge is 2.12. The molecule has 0 aromatic rings. The average molecular weight is 344 g/mol. The number of aldehydes is 1. The third kappa shape index (κ3) is 8.45. The summed E-state index contributed by atoms with van der Waals surface area (Å²) in [5, 5.41) is 3.36. The molecule has 0 amide bonds. The number of aliphatic imine (C=N–C) groups is 1. The van der Waals surface area contributed by atoms with E-state index < -0.39 is 0 Å². The molecule has 0 aromatic heterocycles. The van der Waals surface area contributed by atoms with Gasteiger partial charge in [-0.2, -0.15) is 0 Å². The molecule has 0 bridgehead atoms. The zero-order chi connectivity index (χ0) is 19.1. The van der Waals surface area contributed by atoms with E-state index in [-0.39, 0.29) is 0 Å². The molecule has 1 heterocycles. The van der Waals surface area contributed by atoms with Crippen LogP contribution in [0.5, 0.6) is 0 Å². The van der Waals surface area contributed by atoms with Crippen molar-refractivity contribution >= 4 is 12.0 Å². The van der Waals surface area contributed by atoms with Crippen molar-refractivity contribution in [1.29, 1.82) is 0 Å². The topological polar surface area (TPSA) is 50.7 Å². The van der Waals surface area contributed by atoms with Gasteiger partial charge in [0.2, 0.25) is 0 Å². The first-order valence-corrected chi connectivity index (χ1v) is 8.81. The van der Waals surface area contributed by atoms with Crippen LogP contribution in [0.1, 0.15) is 40.5 Å². The Hall–Kier alpha value is -2.20. The SMILES string of the molecule is C=C/C(C=O)=C(/C=C\NC1CCOCC1)C(=N/C=C\C)\C(=C)C.CC. The highest BCUT2D eigenvalue weighted by molar-refractivity contribution is 6.16. The minimum Gasteiger partial charge on any atom is -0.388 e. The van der Waals surface area contributed by atoms with E-state index in [0.717, 1.165) is 37.9 Å². The number of hydrogen-bond acceptors (Lipinski definition) is 4. The summed E-state index contributed by atoms with van der Waals surface area (Å²) >= 11 is 0. The van der Waals surface area contributed by atoms with E-state index in [2.05, 4.69) is 23.5 Å². The van der Waals surface area contributed by atoms with Gasteiger partial charge in [0.25, 0.3) is 0 Å². The van der Waals surface area contributed by atoms with Crippen molar-refractivity contribution in [2.24, 2.45) is 4.99 Å². The number of hydrogen-bond donors (Lipinski definition) is 1. The van der Waals surface area contributed by atoms with Gasteiger partial charge in [0, 0.05) is 36.6 Å². The minimum absolute atomic E-state index is 0.394. The second-order valence-corrected chi connectivity index (χ2v) is 5.32. The molecule has 0 radical (unpaired) electrons. The predicted octanol–water partition coefficient (Wildman–Crippen LogP) is 4.53. The molecule has 1 rings (SSSR count). The fourth-order valence-corrected chi connectivity index (χ4v) is 2.22. The number of ether oxygens (including phenoxy) is 1. The van der Waals surface area contributed by atoms with Gasteiger partial charge >= 0.3 is 0 Å². The highest BCUT2D eigenvalue weighted by atomic mass is 16.5. The number of allylic oxidation sites excluding steroid dienone is 6. The Morgan fingerprint density at radius 2 is 1.92 bits per heavy atom. The normalized spacial score (nSPS) is 16.9. The molecule has 1 fully saturated rings. The van der Waals surface area contributed by atoms with Gasteiger partial charge in [-0.1, -0.05) is 39.2 Å². The van der Waals surface area contributed by atoms with Gasteiger partial charge in [0.1, 0.15) is 0 Å². The van der Waals surface area contributed by atoms with Crippen LogP contribution in [0.15, 0.2) is 65.5 Å². The van der Waals surface area contributed by atoms with E-state index in [1.165, 1.54) is 6.08 Å². The quantitative estimate of drug-likeness (QED) is 0.305. The maximum atomic E-state index is 11.3. The largest absolute Gasteiger partial charge is 0.388 e. The number of carbonyl (C=O) groups excluding carboxylic acids is 1. The summed E-state index contributed by atoms with van der Waals surface area (Å²) in [7, 11) is 0. The van der Waals surface area contributed by atoms with Gasteiger partial charge in [0.15, 0.2) is 6.29 Å². The Morgan fingerprint density at radius 3 is 2.40 bits per heavy atom. The van der Waals surface area contributed by atoms with Gasteiger partial charge in [0.05, 0.1) is 5.71 Å². The lowest BCUT2D eigenvalue weighted by Crippen LogP contribution is -2.31. The highest BCUT2D eigenvalue weighted by Crippen LogP contribution is 2.14. The van der Waals surface area contributed by atoms with Gasteiger partial charge in [-0.15, -0.1) is 0 Å². The van der Waals surface area contributed by atoms with Gasteiger partial charge < -0.3 is 10.1 Å². The Morgan fingerprint density at radius 1 is 1.28 bits per heavy atom. The number of nitrogens with one attached hydrogen (secondary N) is 1. The van der Waals surface area contributed by atoms with Crippen LogP contribution in [0.4, 0.5) is 0 Å². The summed E-state index contributed by atoms with van der Waals surface area (Å²) in [5.74, 6) is 0. The molecule has 1 aliphatic rings. The fraction of sp³-hybridized carbons (Fsp3) is 0.429. The maximum absolute atomic E-state index is 11.3. The van der Waals surface area contributed by atoms with Gasteiger partial charge in [-0.25, -0.2) is 0 Å². The first kappa shape index (κ1) is 22.8. The van der Waals surface area contributed by atoms with Crippen molar-refractivity contribution < 1.29 is 9.53 Å². The summed E-state index contributed by atoms with van der Waals surface area (Å²) in [4.78, 5) is 15.7. The van der Waals surface area contributed by atoms with E-state index in [1.807, 2.05) is 46.0 Å². The Kier molecular flexibility index (Phi) is 12.9. The van der Waals surface area contributed by atoms with E-state index in [9.17, 15) is 4.79 Å². The molecule has 4 nitrogen and oxygen atoms in total. The van der Waals surface area contributed by atoms with Crippen LogP contribution >= 0.6 is 0 Å². The van der Waals surface area contributed by atoms with E-state index in [4.69, 9.17) is 4.74 Å². The van der Waals surface area contributed by atoms with Crippen LogP contribution in [-0.4, -0.2) is 31.3 Å². The zero-order valence-corrected chi connectivity index (χ0v) is 16.0. The van der Waals surface area contributed by atoms with Crippen molar-refractivity contribution in [2.45, 2.75) is 46.6 Å². The van der Waals surface area contributed by atoms with Crippen LogP contribution in [0.2, 0.25) is 0 Å². The van der Waals surface area contributed by atoms with E-state index >= 15 is 0 Å². The summed E-state index contributed by atoms with van der Waals surface area (Å²) in [6.07, 6.45) is 11.5. The molecule has 138 valence electrons. The van der Waals surface area contributed by atoms with Crippen molar-refractivity contribution in [1.82, 2.24) is 5.32 Å². The molecule has 0 atom stereocenters. The molecule has 4 heteroatoms. The van der Waals surface area contributed by atoms with Crippen LogP contribution in [-0.2, 0) is 9.53 Å². The van der Waals surface area contributed by atoms with E-state index in [1.54, 1.807) is 6.20 Å². The predicted molar refractivity (Wildman–Crippen MR) is 108 cm³/mol. The molecular formula is C21H32N2O2. The lowest BCUT2D eigenvalue weighted by atomic mass is 9.99. The standard InChI is InChI=1S/C19H26N2O2.C2H6/c1-5-10-21-19(15(3)4)18(16(6-2)14-22)7-11-20-17-8-12-23-13-9-17;1-2/h5-7,10-11,14,17,20H,2-3,8-9,12-13H2,1,4H3;1-2H3/b10-5-,11-7-,18-16+,21-19-;. The van der Waals surface area contributed by atoms with Crippen LogP contribution in [0.25, 0.3) is 0 Å². The van der Waals surface area contributed by atoms with E-state index in [0.29, 0.717) is 22.9 Å². The molecular weight excluding hydrogens is 312 g/mol. The summed E-state index contributed by atoms with van der Waals surface area (Å²) < 4.78 is 5.34. The third-order valence-electron chi connectivity index (χ3n) is 3.47. The summed E-state index contributed by atoms with van der Waals surface area (Å²) in [5.41, 5.74) is 2.66. The van der Waals surface area contributed by atoms with Crippen molar-refractivity contribution in [3.05, 3.63) is 60.5 Å². The summed E-state index contributed by atoms with van der Waals surface area (Å²) in [6, 6.07) is 0.394. The smallest absolute Gasteiger partial charge is 0.150 e. The second kappa shape index (κ2) is 14.2. The zero-order valence-electron chi connectivity index (χ0n) is 16.0. The number of carbonyl (C=O) groups is 1. The van der Waals surface area contributed by atoms with Gasteiger partial charge in [-0.05, 0) is 44.5 Å². The first-order valence-electron chi connectivity index (χ1n) is 8.81. The molecule has 25 heavy (non-hydrogen) atoms. The third-order valence-corrected chi connectivity index (χ3v) is 3.47. The fourth-order valence-electron chi connectivity index (χ4n) is 2.22. The Labute approximate surface area is 152 Å². The van der Waals surface area contributed by atoms with Crippen LogP contribution in [0, 0.1) is 0 Å². The minimum atomic E-state index is 0.394. The molecule has 1 saturated heterocycles. The van der Waals surface area contributed by atoms with Gasteiger partial charge in [-0.3, -0.25) is 9.79 Å². The molecule has 0 spiro atoms. The maximum Gasteiger partial charge on any atom is 0.150 e. The monoisotopic (exact) mass is 344 g/mol. The van der Waals surface area contributed by atoms with Crippen LogP contribution < -0.4 is 5.32 Å². The molecule has 1 N–H and O–H groups in total. The molecule has 1 aliphatic heterocycles. The Balaban J connectivity index is 0.00000277. The molecule has 0 aliphatic carbocycles. The number of nitrogens with zero attached hydrogens (tertiary/aromatic N) is 1. The lowest BCUT2D eigenvalue weighted by Gasteiger charge is -2.22. The Bertz CT molecular complexity index is 538. The molecule has 0 saturated carbocycles. The molecule has 0 aromatic carbocycles. The lowest BCUT2D eigenvalue weighted by molar-refractivity contribution is -0.104. The molecule has 0 unspecified atom stereocenters. The second-order valence-electron chi connectivity index (χ2n) is 5.32. The van der Waals surface area contributed by atoms with Crippen molar-refractivity contribution in [3.63, 3.8) is 0 Å².